The molecule has 0 aliphatic carbocycles. The Morgan fingerprint density at radius 2 is 1.72 bits per heavy atom. The number of rotatable bonds is 2. The summed E-state index contributed by atoms with van der Waals surface area (Å²) in [5, 5.41) is 1.19. The van der Waals surface area contributed by atoms with Gasteiger partial charge in [0.25, 0.3) is 0 Å². The van der Waals surface area contributed by atoms with Gasteiger partial charge in [-0.25, -0.2) is 19.7 Å². The van der Waals surface area contributed by atoms with Crippen LogP contribution in [0, 0.1) is 6.92 Å². The van der Waals surface area contributed by atoms with Crippen molar-refractivity contribution in [1.29, 1.82) is 0 Å². The number of thiazole rings is 1. The molecule has 4 saturated heterocycles. The second kappa shape index (κ2) is 4.40. The first-order valence-corrected chi connectivity index (χ1v) is 6.96. The minimum absolute atomic E-state index is 0. The Bertz CT molecular complexity index is 413. The third kappa shape index (κ3) is 2.07. The van der Waals surface area contributed by atoms with E-state index in [9.17, 15) is 0 Å². The quantitative estimate of drug-likeness (QED) is 0.560. The largest absolute Gasteiger partial charge is 1.00 e. The smallest absolute Gasteiger partial charge is 0.139 e. The molecule has 0 N–H and O–H groups in total. The van der Waals surface area contributed by atoms with Crippen molar-refractivity contribution in [3.63, 3.8) is 0 Å². The van der Waals surface area contributed by atoms with E-state index in [0.717, 1.165) is 26.6 Å². The zero-order valence-corrected chi connectivity index (χ0v) is 12.1. The van der Waals surface area contributed by atoms with Crippen LogP contribution in [0.1, 0.15) is 9.88 Å². The Labute approximate surface area is 118 Å². The molecule has 5 rings (SSSR count). The standard InChI is InChI=1S/C11H18N5S.ClH/c1-10-12-2-11(17-10)3-16-7-13-4-14(8-16)6-15(5-13)9-16;/h2H,3-9H2,1H3;1H/q+1;/p-1. The zero-order valence-electron chi connectivity index (χ0n) is 10.5. The zero-order chi connectivity index (χ0) is 11.5. The fourth-order valence-corrected chi connectivity index (χ4v) is 4.55. The van der Waals surface area contributed by atoms with Crippen LogP contribution in [-0.4, -0.2) is 64.2 Å². The SMILES string of the molecule is Cc1ncc(C[N+]23CN4CN(CN(C4)C2)C3)s1.[Cl-]. The third-order valence-corrected chi connectivity index (χ3v) is 4.76. The lowest BCUT2D eigenvalue weighted by Gasteiger charge is -2.60. The van der Waals surface area contributed by atoms with E-state index in [4.69, 9.17) is 0 Å². The molecule has 100 valence electrons. The first kappa shape index (κ1) is 12.8. The first-order valence-electron chi connectivity index (χ1n) is 6.14. The van der Waals surface area contributed by atoms with Gasteiger partial charge >= 0.3 is 0 Å². The van der Waals surface area contributed by atoms with Crippen molar-refractivity contribution in [2.45, 2.75) is 13.5 Å². The highest BCUT2D eigenvalue weighted by atomic mass is 35.5. The predicted octanol–water partition coefficient (Wildman–Crippen LogP) is -2.54. The van der Waals surface area contributed by atoms with Crippen LogP contribution in [0.25, 0.3) is 0 Å². The summed E-state index contributed by atoms with van der Waals surface area (Å²) in [5.41, 5.74) is 0. The van der Waals surface area contributed by atoms with Crippen molar-refractivity contribution in [1.82, 2.24) is 19.7 Å². The van der Waals surface area contributed by atoms with Crippen molar-refractivity contribution in [3.05, 3.63) is 16.1 Å². The fourth-order valence-electron chi connectivity index (χ4n) is 3.62. The monoisotopic (exact) mass is 287 g/mol. The van der Waals surface area contributed by atoms with Crippen LogP contribution in [0.5, 0.6) is 0 Å². The van der Waals surface area contributed by atoms with E-state index in [1.807, 2.05) is 11.3 Å². The summed E-state index contributed by atoms with van der Waals surface area (Å²) >= 11 is 1.85. The highest BCUT2D eigenvalue weighted by Gasteiger charge is 2.48. The van der Waals surface area contributed by atoms with Crippen molar-refractivity contribution in [2.75, 3.05) is 40.0 Å². The minimum atomic E-state index is 0. The molecule has 7 heteroatoms. The van der Waals surface area contributed by atoms with Crippen molar-refractivity contribution < 1.29 is 16.9 Å². The van der Waals surface area contributed by atoms with Gasteiger partial charge in [-0.1, -0.05) is 0 Å². The van der Waals surface area contributed by atoms with Crippen LogP contribution >= 0.6 is 11.3 Å². The van der Waals surface area contributed by atoms with E-state index in [2.05, 4.69) is 32.8 Å². The highest BCUT2D eigenvalue weighted by Crippen LogP contribution is 2.31. The van der Waals surface area contributed by atoms with Gasteiger partial charge in [-0.05, 0) is 6.92 Å². The molecule has 1 aromatic heterocycles. The van der Waals surface area contributed by atoms with Crippen LogP contribution in [-0.2, 0) is 6.54 Å². The summed E-state index contributed by atoms with van der Waals surface area (Å²) in [5.74, 6) is 0. The molecule has 4 bridgehead atoms. The molecule has 0 radical (unpaired) electrons. The average Bonchev–Trinajstić information content (AvgIpc) is 2.60. The molecule has 4 aliphatic heterocycles. The lowest BCUT2D eigenvalue weighted by Crippen LogP contribution is -3.00. The topological polar surface area (TPSA) is 22.6 Å². The molecule has 0 spiro atoms. The Morgan fingerprint density at radius 3 is 2.17 bits per heavy atom. The average molecular weight is 288 g/mol. The number of quaternary nitrogens is 1. The van der Waals surface area contributed by atoms with E-state index >= 15 is 0 Å². The van der Waals surface area contributed by atoms with Gasteiger partial charge in [0.05, 0.1) is 29.9 Å². The molecular formula is C11H18ClN5S. The van der Waals surface area contributed by atoms with E-state index in [1.54, 1.807) is 0 Å². The van der Waals surface area contributed by atoms with Gasteiger partial charge in [-0.2, -0.15) is 0 Å². The van der Waals surface area contributed by atoms with Gasteiger partial charge < -0.3 is 12.4 Å². The normalized spacial score (nSPS) is 40.8. The summed E-state index contributed by atoms with van der Waals surface area (Å²) in [7, 11) is 0. The van der Waals surface area contributed by atoms with Gasteiger partial charge in [0.1, 0.15) is 26.6 Å². The van der Waals surface area contributed by atoms with Crippen molar-refractivity contribution in [3.8, 4) is 0 Å². The van der Waals surface area contributed by atoms with Crippen LogP contribution in [0.15, 0.2) is 6.20 Å². The highest BCUT2D eigenvalue weighted by molar-refractivity contribution is 7.11. The molecule has 0 aromatic carbocycles. The molecule has 0 amide bonds. The number of aryl methyl sites for hydroxylation is 1. The molecule has 5 heterocycles. The second-order valence-corrected chi connectivity index (χ2v) is 7.03. The van der Waals surface area contributed by atoms with Gasteiger partial charge in [-0.15, -0.1) is 11.3 Å². The van der Waals surface area contributed by atoms with E-state index in [1.165, 1.54) is 34.4 Å². The van der Waals surface area contributed by atoms with E-state index in [-0.39, 0.29) is 12.4 Å². The Balaban J connectivity index is 0.000001000. The summed E-state index contributed by atoms with van der Waals surface area (Å²) in [6, 6.07) is 0. The maximum Gasteiger partial charge on any atom is 0.139 e. The van der Waals surface area contributed by atoms with Crippen molar-refractivity contribution >= 4 is 11.3 Å². The lowest BCUT2D eigenvalue weighted by molar-refractivity contribution is -0.991. The Morgan fingerprint density at radius 1 is 1.17 bits per heavy atom. The summed E-state index contributed by atoms with van der Waals surface area (Å²) in [6.07, 6.45) is 2.07. The van der Waals surface area contributed by atoms with Crippen LogP contribution < -0.4 is 12.4 Å². The number of hydrogen-bond acceptors (Lipinski definition) is 5. The van der Waals surface area contributed by atoms with Gasteiger partial charge in [0.2, 0.25) is 0 Å². The molecule has 0 unspecified atom stereocenters. The fraction of sp³-hybridized carbons (Fsp3) is 0.727. The molecule has 5 nitrogen and oxygen atoms in total. The molecule has 0 saturated carbocycles. The van der Waals surface area contributed by atoms with E-state index in [0.29, 0.717) is 0 Å². The van der Waals surface area contributed by atoms with Crippen LogP contribution in [0.3, 0.4) is 0 Å². The first-order chi connectivity index (χ1) is 8.21. The molecule has 0 atom stereocenters. The summed E-state index contributed by atoms with van der Waals surface area (Å²) in [4.78, 5) is 13.5. The second-order valence-electron chi connectivity index (χ2n) is 5.71. The molecular weight excluding hydrogens is 270 g/mol. The maximum atomic E-state index is 4.38. The predicted molar refractivity (Wildman–Crippen MR) is 65.5 cm³/mol. The van der Waals surface area contributed by atoms with Crippen molar-refractivity contribution in [2.24, 2.45) is 0 Å². The lowest BCUT2D eigenvalue weighted by atomic mass is 10.3. The minimum Gasteiger partial charge on any atom is -1.00 e. The van der Waals surface area contributed by atoms with Gasteiger partial charge in [0.15, 0.2) is 0 Å². The molecule has 4 aliphatic rings. The molecule has 4 fully saturated rings. The van der Waals surface area contributed by atoms with Crippen LogP contribution in [0.4, 0.5) is 0 Å². The summed E-state index contributed by atoms with van der Waals surface area (Å²) in [6.45, 7) is 10.4. The number of nitrogens with zero attached hydrogens (tertiary/aromatic N) is 5. The number of halogens is 1. The Kier molecular flexibility index (Phi) is 3.12. The maximum absolute atomic E-state index is 4.38. The van der Waals surface area contributed by atoms with Crippen LogP contribution in [0.2, 0.25) is 0 Å². The summed E-state index contributed by atoms with van der Waals surface area (Å²) < 4.78 is 1.18. The van der Waals surface area contributed by atoms with E-state index < -0.39 is 0 Å². The molecule has 18 heavy (non-hydrogen) atoms. The van der Waals surface area contributed by atoms with Gasteiger partial charge in [-0.3, -0.25) is 4.48 Å². The molecule has 1 aromatic rings. The number of hydrogen-bond donors (Lipinski definition) is 0. The third-order valence-electron chi connectivity index (χ3n) is 3.86. The number of aromatic nitrogens is 1. The van der Waals surface area contributed by atoms with Gasteiger partial charge in [0, 0.05) is 6.20 Å². The Hall–Kier alpha value is -0.240.